The number of hydrogen-bond donors (Lipinski definition) is 0. The van der Waals surface area contributed by atoms with Gasteiger partial charge in [0.25, 0.3) is 0 Å². The molecule has 0 aliphatic heterocycles. The highest BCUT2D eigenvalue weighted by atomic mass is 32.2. The van der Waals surface area contributed by atoms with Crippen molar-refractivity contribution in [2.45, 2.75) is 25.5 Å². The molecule has 0 heterocycles. The van der Waals surface area contributed by atoms with Crippen LogP contribution in [0, 0.1) is 0 Å². The second-order valence-electron chi connectivity index (χ2n) is 3.96. The van der Waals surface area contributed by atoms with Crippen molar-refractivity contribution in [2.75, 3.05) is 0 Å². The van der Waals surface area contributed by atoms with E-state index in [4.69, 9.17) is 4.18 Å². The molecule has 1 aromatic carbocycles. The lowest BCUT2D eigenvalue weighted by molar-refractivity contribution is 0.454. The standard InChI is InChI=1S/C10H14O3S/c1-10(2,3)14(11,12)13-9-7-5-4-6-8-9/h4-8H,1-3H3. The first-order valence-electron chi connectivity index (χ1n) is 4.32. The van der Waals surface area contributed by atoms with E-state index >= 15 is 0 Å². The zero-order chi connectivity index (χ0) is 10.8. The van der Waals surface area contributed by atoms with Crippen LogP contribution in [0.2, 0.25) is 0 Å². The van der Waals surface area contributed by atoms with Gasteiger partial charge in [0.2, 0.25) is 0 Å². The molecule has 0 saturated carbocycles. The average Bonchev–Trinajstić information content (AvgIpc) is 2.03. The van der Waals surface area contributed by atoms with Gasteiger partial charge in [-0.15, -0.1) is 0 Å². The summed E-state index contributed by atoms with van der Waals surface area (Å²) >= 11 is 0. The average molecular weight is 214 g/mol. The Morgan fingerprint density at radius 2 is 1.57 bits per heavy atom. The number of para-hydroxylation sites is 1. The molecule has 0 unspecified atom stereocenters. The predicted molar refractivity (Wildman–Crippen MR) is 55.7 cm³/mol. The molecule has 0 aliphatic carbocycles. The fraction of sp³-hybridized carbons (Fsp3) is 0.400. The normalized spacial score (nSPS) is 12.5. The Bertz CT molecular complexity index is 387. The van der Waals surface area contributed by atoms with Crippen LogP contribution < -0.4 is 4.18 Å². The molecule has 1 aromatic rings. The van der Waals surface area contributed by atoms with Gasteiger partial charge in [-0.3, -0.25) is 0 Å². The van der Waals surface area contributed by atoms with Gasteiger partial charge in [-0.1, -0.05) is 18.2 Å². The van der Waals surface area contributed by atoms with Crippen LogP contribution in [0.4, 0.5) is 0 Å². The third-order valence-corrected chi connectivity index (χ3v) is 3.61. The van der Waals surface area contributed by atoms with Crippen LogP contribution >= 0.6 is 0 Å². The minimum absolute atomic E-state index is 0.349. The van der Waals surface area contributed by atoms with E-state index in [1.807, 2.05) is 0 Å². The summed E-state index contributed by atoms with van der Waals surface area (Å²) in [5.74, 6) is 0.349. The van der Waals surface area contributed by atoms with E-state index in [1.54, 1.807) is 51.1 Å². The Balaban J connectivity index is 2.91. The summed E-state index contributed by atoms with van der Waals surface area (Å²) in [5.41, 5.74) is 0. The Labute approximate surface area is 84.8 Å². The zero-order valence-electron chi connectivity index (χ0n) is 8.52. The molecular weight excluding hydrogens is 200 g/mol. The molecule has 0 radical (unpaired) electrons. The molecule has 0 bridgehead atoms. The molecule has 0 spiro atoms. The molecule has 14 heavy (non-hydrogen) atoms. The first-order valence-corrected chi connectivity index (χ1v) is 5.73. The maximum Gasteiger partial charge on any atom is 0.314 e. The van der Waals surface area contributed by atoms with Crippen molar-refractivity contribution < 1.29 is 12.6 Å². The van der Waals surface area contributed by atoms with Gasteiger partial charge >= 0.3 is 10.1 Å². The van der Waals surface area contributed by atoms with E-state index in [0.29, 0.717) is 5.75 Å². The fourth-order valence-electron chi connectivity index (χ4n) is 0.728. The largest absolute Gasteiger partial charge is 0.382 e. The Hall–Kier alpha value is -1.03. The summed E-state index contributed by atoms with van der Waals surface area (Å²) in [5, 5.41) is 0. The van der Waals surface area contributed by atoms with Crippen molar-refractivity contribution in [1.82, 2.24) is 0 Å². The third kappa shape index (κ3) is 2.48. The monoisotopic (exact) mass is 214 g/mol. The summed E-state index contributed by atoms with van der Waals surface area (Å²) in [4.78, 5) is 0. The van der Waals surface area contributed by atoms with Crippen LogP contribution in [-0.2, 0) is 10.1 Å². The molecule has 3 nitrogen and oxygen atoms in total. The van der Waals surface area contributed by atoms with Crippen molar-refractivity contribution in [3.05, 3.63) is 30.3 Å². The summed E-state index contributed by atoms with van der Waals surface area (Å²) in [7, 11) is -3.55. The number of hydrogen-bond acceptors (Lipinski definition) is 3. The van der Waals surface area contributed by atoms with E-state index in [2.05, 4.69) is 0 Å². The molecule has 0 aromatic heterocycles. The highest BCUT2D eigenvalue weighted by Crippen LogP contribution is 2.20. The van der Waals surface area contributed by atoms with Gasteiger partial charge in [0, 0.05) is 0 Å². The second kappa shape index (κ2) is 3.61. The topological polar surface area (TPSA) is 43.4 Å². The zero-order valence-corrected chi connectivity index (χ0v) is 9.34. The molecular formula is C10H14O3S. The van der Waals surface area contributed by atoms with Crippen LogP contribution in [-0.4, -0.2) is 13.2 Å². The lowest BCUT2D eigenvalue weighted by atomic mass is 10.3. The van der Waals surface area contributed by atoms with E-state index < -0.39 is 14.9 Å². The van der Waals surface area contributed by atoms with Gasteiger partial charge in [0.15, 0.2) is 0 Å². The quantitative estimate of drug-likeness (QED) is 0.709. The Kier molecular flexibility index (Phi) is 2.85. The molecule has 78 valence electrons. The van der Waals surface area contributed by atoms with Crippen molar-refractivity contribution in [3.63, 3.8) is 0 Å². The molecule has 0 amide bonds. The van der Waals surface area contributed by atoms with Gasteiger partial charge in [-0.2, -0.15) is 8.42 Å². The minimum atomic E-state index is -3.55. The Morgan fingerprint density at radius 1 is 1.07 bits per heavy atom. The van der Waals surface area contributed by atoms with Crippen LogP contribution in [0.5, 0.6) is 5.75 Å². The lowest BCUT2D eigenvalue weighted by Gasteiger charge is -2.18. The maximum absolute atomic E-state index is 11.6. The summed E-state index contributed by atoms with van der Waals surface area (Å²) in [6.45, 7) is 4.81. The number of benzene rings is 1. The van der Waals surface area contributed by atoms with Crippen LogP contribution in [0.25, 0.3) is 0 Å². The molecule has 0 fully saturated rings. The van der Waals surface area contributed by atoms with E-state index in [-0.39, 0.29) is 0 Å². The van der Waals surface area contributed by atoms with Crippen molar-refractivity contribution in [2.24, 2.45) is 0 Å². The van der Waals surface area contributed by atoms with Gasteiger partial charge in [0.05, 0.1) is 4.75 Å². The fourth-order valence-corrected chi connectivity index (χ4v) is 1.34. The van der Waals surface area contributed by atoms with E-state index in [9.17, 15) is 8.42 Å². The first kappa shape index (κ1) is 11.0. The molecule has 1 rings (SSSR count). The summed E-state index contributed by atoms with van der Waals surface area (Å²) in [6.07, 6.45) is 0. The van der Waals surface area contributed by atoms with Gasteiger partial charge in [-0.05, 0) is 32.9 Å². The van der Waals surface area contributed by atoms with E-state index in [1.165, 1.54) is 0 Å². The predicted octanol–water partition coefficient (Wildman–Crippen LogP) is 2.19. The van der Waals surface area contributed by atoms with E-state index in [0.717, 1.165) is 0 Å². The molecule has 4 heteroatoms. The highest BCUT2D eigenvalue weighted by molar-refractivity contribution is 7.88. The minimum Gasteiger partial charge on any atom is -0.382 e. The van der Waals surface area contributed by atoms with Crippen molar-refractivity contribution in [1.29, 1.82) is 0 Å². The molecule has 0 atom stereocenters. The van der Waals surface area contributed by atoms with Crippen molar-refractivity contribution in [3.8, 4) is 5.75 Å². The highest BCUT2D eigenvalue weighted by Gasteiger charge is 2.31. The summed E-state index contributed by atoms with van der Waals surface area (Å²) < 4.78 is 27.2. The lowest BCUT2D eigenvalue weighted by Crippen LogP contribution is -2.32. The molecule has 0 saturated heterocycles. The van der Waals surface area contributed by atoms with Crippen LogP contribution in [0.3, 0.4) is 0 Å². The van der Waals surface area contributed by atoms with Gasteiger partial charge in [0.1, 0.15) is 5.75 Å². The molecule has 0 aliphatic rings. The summed E-state index contributed by atoms with van der Waals surface area (Å²) in [6, 6.07) is 8.49. The Morgan fingerprint density at radius 3 is 2.00 bits per heavy atom. The third-order valence-electron chi connectivity index (χ3n) is 1.70. The van der Waals surface area contributed by atoms with Crippen LogP contribution in [0.1, 0.15) is 20.8 Å². The SMILES string of the molecule is CC(C)(C)S(=O)(=O)Oc1ccccc1. The van der Waals surface area contributed by atoms with Crippen molar-refractivity contribution >= 4 is 10.1 Å². The van der Waals surface area contributed by atoms with Crippen LogP contribution in [0.15, 0.2) is 30.3 Å². The first-order chi connectivity index (χ1) is 6.33. The van der Waals surface area contributed by atoms with Gasteiger partial charge < -0.3 is 4.18 Å². The second-order valence-corrected chi connectivity index (χ2v) is 6.26. The smallest absolute Gasteiger partial charge is 0.314 e. The number of rotatable bonds is 2. The van der Waals surface area contributed by atoms with Gasteiger partial charge in [-0.25, -0.2) is 0 Å². The molecule has 0 N–H and O–H groups in total. The maximum atomic E-state index is 11.6.